The number of nitrogen functional groups attached to an aromatic ring is 1. The second-order valence-corrected chi connectivity index (χ2v) is 4.00. The molecule has 0 amide bonds. The van der Waals surface area contributed by atoms with Crippen LogP contribution in [0.1, 0.15) is 5.69 Å². The van der Waals surface area contributed by atoms with Crippen molar-refractivity contribution in [2.24, 2.45) is 7.05 Å². The van der Waals surface area contributed by atoms with Crippen LogP contribution in [0.5, 0.6) is 17.4 Å². The number of alkyl halides is 3. The van der Waals surface area contributed by atoms with E-state index in [-0.39, 0.29) is 17.3 Å². The van der Waals surface area contributed by atoms with Crippen LogP contribution in [0.4, 0.5) is 18.9 Å². The highest BCUT2D eigenvalue weighted by atomic mass is 19.4. The zero-order valence-electron chi connectivity index (χ0n) is 10.7. The first-order chi connectivity index (χ1) is 9.31. The fourth-order valence-electron chi connectivity index (χ4n) is 1.53. The number of aromatic nitrogens is 2. The molecule has 0 bridgehead atoms. The van der Waals surface area contributed by atoms with Gasteiger partial charge >= 0.3 is 6.18 Å². The highest BCUT2D eigenvalue weighted by Crippen LogP contribution is 2.34. The molecule has 2 aromatic rings. The lowest BCUT2D eigenvalue weighted by molar-refractivity contribution is -0.141. The molecular formula is C12H12F3N3O2. The highest BCUT2D eigenvalue weighted by Gasteiger charge is 2.35. The number of nitrogens with two attached hydrogens (primary N) is 1. The molecule has 2 N–H and O–H groups in total. The van der Waals surface area contributed by atoms with Gasteiger partial charge in [0, 0.05) is 19.2 Å². The van der Waals surface area contributed by atoms with Gasteiger partial charge in [-0.15, -0.1) is 0 Å². The summed E-state index contributed by atoms with van der Waals surface area (Å²) in [4.78, 5) is 0. The van der Waals surface area contributed by atoms with E-state index in [4.69, 9.17) is 15.2 Å². The van der Waals surface area contributed by atoms with Crippen molar-refractivity contribution in [2.75, 3.05) is 12.8 Å². The Hall–Kier alpha value is -2.38. The summed E-state index contributed by atoms with van der Waals surface area (Å²) >= 11 is 0. The zero-order chi connectivity index (χ0) is 14.9. The average molecular weight is 287 g/mol. The number of aryl methyl sites for hydroxylation is 1. The van der Waals surface area contributed by atoms with E-state index < -0.39 is 11.9 Å². The van der Waals surface area contributed by atoms with Crippen LogP contribution in [-0.4, -0.2) is 16.9 Å². The molecule has 1 aromatic heterocycles. The summed E-state index contributed by atoms with van der Waals surface area (Å²) in [6.07, 6.45) is -4.53. The minimum Gasteiger partial charge on any atom is -0.497 e. The van der Waals surface area contributed by atoms with Crippen molar-refractivity contribution < 1.29 is 22.6 Å². The summed E-state index contributed by atoms with van der Waals surface area (Å²) in [5.41, 5.74) is 4.95. The van der Waals surface area contributed by atoms with Crippen molar-refractivity contribution in [3.05, 3.63) is 30.0 Å². The number of hydrogen-bond donors (Lipinski definition) is 1. The first-order valence-electron chi connectivity index (χ1n) is 5.54. The van der Waals surface area contributed by atoms with Gasteiger partial charge in [0.05, 0.1) is 12.8 Å². The van der Waals surface area contributed by atoms with Crippen LogP contribution in [0.15, 0.2) is 24.3 Å². The predicted molar refractivity (Wildman–Crippen MR) is 65.7 cm³/mol. The fourth-order valence-corrected chi connectivity index (χ4v) is 1.53. The number of nitrogens with zero attached hydrogens (tertiary/aromatic N) is 2. The summed E-state index contributed by atoms with van der Waals surface area (Å²) in [7, 11) is 2.81. The molecular weight excluding hydrogens is 275 g/mol. The van der Waals surface area contributed by atoms with Gasteiger partial charge in [-0.25, -0.2) is 4.68 Å². The largest absolute Gasteiger partial charge is 0.497 e. The molecule has 0 radical (unpaired) electrons. The van der Waals surface area contributed by atoms with Crippen molar-refractivity contribution in [1.29, 1.82) is 0 Å². The van der Waals surface area contributed by atoms with E-state index in [0.717, 1.165) is 10.7 Å². The Labute approximate surface area is 112 Å². The molecule has 108 valence electrons. The van der Waals surface area contributed by atoms with Crippen LogP contribution in [0.2, 0.25) is 0 Å². The number of anilines is 1. The zero-order valence-corrected chi connectivity index (χ0v) is 10.7. The molecule has 20 heavy (non-hydrogen) atoms. The summed E-state index contributed by atoms with van der Waals surface area (Å²) in [6.45, 7) is 0. The smallest absolute Gasteiger partial charge is 0.435 e. The molecule has 0 unspecified atom stereocenters. The molecule has 1 aromatic carbocycles. The van der Waals surface area contributed by atoms with Crippen LogP contribution in [0, 0.1) is 0 Å². The van der Waals surface area contributed by atoms with Gasteiger partial charge in [0.2, 0.25) is 5.88 Å². The minimum absolute atomic E-state index is 0.0720. The second kappa shape index (κ2) is 4.95. The van der Waals surface area contributed by atoms with Crippen LogP contribution < -0.4 is 15.2 Å². The van der Waals surface area contributed by atoms with Crippen molar-refractivity contribution in [3.63, 3.8) is 0 Å². The molecule has 0 saturated carbocycles. The Morgan fingerprint density at radius 1 is 1.25 bits per heavy atom. The lowest BCUT2D eigenvalue weighted by atomic mass is 10.3. The quantitative estimate of drug-likeness (QED) is 0.882. The second-order valence-electron chi connectivity index (χ2n) is 4.00. The SMILES string of the molecule is COc1ccc(N)c(Oc2cc(C(F)(F)F)nn2C)c1. The number of methoxy groups -OCH3 is 1. The molecule has 0 spiro atoms. The molecule has 0 atom stereocenters. The Kier molecular flexibility index (Phi) is 3.47. The molecule has 0 aliphatic rings. The van der Waals surface area contributed by atoms with Crippen LogP contribution >= 0.6 is 0 Å². The van der Waals surface area contributed by atoms with Gasteiger partial charge in [0.15, 0.2) is 11.4 Å². The fraction of sp³-hybridized carbons (Fsp3) is 0.250. The van der Waals surface area contributed by atoms with Gasteiger partial charge in [-0.3, -0.25) is 0 Å². The molecule has 5 nitrogen and oxygen atoms in total. The first kappa shape index (κ1) is 14.0. The Morgan fingerprint density at radius 3 is 2.50 bits per heavy atom. The van der Waals surface area contributed by atoms with E-state index in [2.05, 4.69) is 5.10 Å². The van der Waals surface area contributed by atoms with E-state index >= 15 is 0 Å². The van der Waals surface area contributed by atoms with Gasteiger partial charge in [0.25, 0.3) is 0 Å². The van der Waals surface area contributed by atoms with Crippen LogP contribution in [0.3, 0.4) is 0 Å². The number of hydrogen-bond acceptors (Lipinski definition) is 4. The highest BCUT2D eigenvalue weighted by molar-refractivity contribution is 5.56. The van der Waals surface area contributed by atoms with E-state index in [1.54, 1.807) is 6.07 Å². The molecule has 0 saturated heterocycles. The molecule has 2 rings (SSSR count). The Bertz CT molecular complexity index is 623. The maximum Gasteiger partial charge on any atom is 0.435 e. The molecule has 0 aliphatic carbocycles. The Balaban J connectivity index is 2.33. The maximum absolute atomic E-state index is 12.5. The van der Waals surface area contributed by atoms with E-state index in [1.807, 2.05) is 0 Å². The van der Waals surface area contributed by atoms with Gasteiger partial charge in [0.1, 0.15) is 5.75 Å². The summed E-state index contributed by atoms with van der Waals surface area (Å²) in [5.74, 6) is 0.603. The number of rotatable bonds is 3. The normalized spacial score (nSPS) is 11.4. The first-order valence-corrected chi connectivity index (χ1v) is 5.54. The number of benzene rings is 1. The lowest BCUT2D eigenvalue weighted by Gasteiger charge is -2.09. The summed E-state index contributed by atoms with van der Waals surface area (Å²) in [5, 5.41) is 3.34. The van der Waals surface area contributed by atoms with Gasteiger partial charge in [-0.1, -0.05) is 0 Å². The van der Waals surface area contributed by atoms with Crippen molar-refractivity contribution in [2.45, 2.75) is 6.18 Å². The van der Waals surface area contributed by atoms with E-state index in [1.165, 1.54) is 26.3 Å². The van der Waals surface area contributed by atoms with Crippen LogP contribution in [0.25, 0.3) is 0 Å². The van der Waals surface area contributed by atoms with Crippen LogP contribution in [-0.2, 0) is 13.2 Å². The van der Waals surface area contributed by atoms with Gasteiger partial charge in [-0.05, 0) is 12.1 Å². The predicted octanol–water partition coefficient (Wildman–Crippen LogP) is 2.82. The van der Waals surface area contributed by atoms with Crippen molar-refractivity contribution in [1.82, 2.24) is 9.78 Å². The van der Waals surface area contributed by atoms with Crippen molar-refractivity contribution >= 4 is 5.69 Å². The lowest BCUT2D eigenvalue weighted by Crippen LogP contribution is -2.06. The monoisotopic (exact) mass is 287 g/mol. The molecule has 8 heteroatoms. The van der Waals surface area contributed by atoms with Gasteiger partial charge in [-0.2, -0.15) is 18.3 Å². The number of ether oxygens (including phenoxy) is 2. The van der Waals surface area contributed by atoms with Crippen molar-refractivity contribution in [3.8, 4) is 17.4 Å². The number of halogens is 3. The molecule has 0 aliphatic heterocycles. The van der Waals surface area contributed by atoms with E-state index in [0.29, 0.717) is 5.75 Å². The third-order valence-corrected chi connectivity index (χ3v) is 2.56. The Morgan fingerprint density at radius 2 is 1.95 bits per heavy atom. The summed E-state index contributed by atoms with van der Waals surface area (Å²) < 4.78 is 49.0. The third kappa shape index (κ3) is 2.79. The standard InChI is InChI=1S/C12H12F3N3O2/c1-18-11(6-10(17-18)12(13,14)15)20-9-5-7(19-2)3-4-8(9)16/h3-6H,16H2,1-2H3. The molecule has 0 fully saturated rings. The average Bonchev–Trinajstić information content (AvgIpc) is 2.74. The van der Waals surface area contributed by atoms with Gasteiger partial charge < -0.3 is 15.2 Å². The summed E-state index contributed by atoms with van der Waals surface area (Å²) in [6, 6.07) is 5.44. The third-order valence-electron chi connectivity index (χ3n) is 2.56. The topological polar surface area (TPSA) is 62.3 Å². The molecule has 1 heterocycles. The minimum atomic E-state index is -4.53. The maximum atomic E-state index is 12.5. The van der Waals surface area contributed by atoms with E-state index in [9.17, 15) is 13.2 Å².